The maximum Gasteiger partial charge on any atom is -0.00550 e. The Morgan fingerprint density at radius 2 is 1.62 bits per heavy atom. The molecule has 0 heteroatoms. The second kappa shape index (κ2) is 6.59. The molecule has 2 aliphatic rings. The molecule has 1 fully saturated rings. The molecule has 0 bridgehead atoms. The Morgan fingerprint density at radius 3 is 2.33 bits per heavy atom. The standard InChI is InChI=1S/C24H28/c1-17(2)22-15-21-9-6-10-23(24(21)16-22)20-13-11-19(12-14-20)18-7-4-3-5-8-18/h6,9-14,16-18H,3-5,7-8,15H2,1-2H3. The van der Waals surface area contributed by atoms with E-state index in [4.69, 9.17) is 0 Å². The molecule has 0 spiro atoms. The molecule has 0 aliphatic heterocycles. The zero-order chi connectivity index (χ0) is 16.5. The van der Waals surface area contributed by atoms with Gasteiger partial charge in [0.15, 0.2) is 0 Å². The van der Waals surface area contributed by atoms with Gasteiger partial charge in [-0.3, -0.25) is 0 Å². The van der Waals surface area contributed by atoms with Crippen LogP contribution in [0.2, 0.25) is 0 Å². The van der Waals surface area contributed by atoms with Crippen LogP contribution in [0.15, 0.2) is 48.0 Å². The highest BCUT2D eigenvalue weighted by Gasteiger charge is 2.19. The van der Waals surface area contributed by atoms with Crippen LogP contribution in [-0.2, 0) is 6.42 Å². The van der Waals surface area contributed by atoms with Crippen LogP contribution in [0.25, 0.3) is 17.2 Å². The van der Waals surface area contributed by atoms with Crippen LogP contribution in [0.1, 0.15) is 68.6 Å². The summed E-state index contributed by atoms with van der Waals surface area (Å²) in [7, 11) is 0. The quantitative estimate of drug-likeness (QED) is 0.572. The maximum absolute atomic E-state index is 2.43. The van der Waals surface area contributed by atoms with Crippen molar-refractivity contribution in [1.82, 2.24) is 0 Å². The summed E-state index contributed by atoms with van der Waals surface area (Å²) in [6.07, 6.45) is 10.5. The predicted octanol–water partition coefficient (Wildman–Crippen LogP) is 7.00. The summed E-state index contributed by atoms with van der Waals surface area (Å²) in [6.45, 7) is 4.60. The van der Waals surface area contributed by atoms with Gasteiger partial charge < -0.3 is 0 Å². The Kier molecular flexibility index (Phi) is 4.31. The third kappa shape index (κ3) is 2.95. The summed E-state index contributed by atoms with van der Waals surface area (Å²) in [5, 5.41) is 0. The second-order valence-electron chi connectivity index (χ2n) is 7.89. The molecule has 2 aliphatic carbocycles. The molecule has 2 aromatic carbocycles. The van der Waals surface area contributed by atoms with E-state index < -0.39 is 0 Å². The van der Waals surface area contributed by atoms with Crippen molar-refractivity contribution in [3.05, 3.63) is 64.7 Å². The van der Waals surface area contributed by atoms with E-state index in [-0.39, 0.29) is 0 Å². The van der Waals surface area contributed by atoms with Crippen molar-refractivity contribution in [2.45, 2.75) is 58.3 Å². The van der Waals surface area contributed by atoms with E-state index in [1.807, 2.05) is 0 Å². The smallest absolute Gasteiger partial charge is 0.00550 e. The number of fused-ring (bicyclic) bond motifs is 1. The third-order valence-electron chi connectivity index (χ3n) is 5.96. The molecule has 0 nitrogen and oxygen atoms in total. The van der Waals surface area contributed by atoms with Gasteiger partial charge in [0.05, 0.1) is 0 Å². The van der Waals surface area contributed by atoms with Crippen molar-refractivity contribution in [2.75, 3.05) is 0 Å². The maximum atomic E-state index is 2.43. The van der Waals surface area contributed by atoms with Gasteiger partial charge in [0.2, 0.25) is 0 Å². The summed E-state index contributed by atoms with van der Waals surface area (Å²) in [6, 6.07) is 16.3. The molecule has 0 aromatic heterocycles. The Bertz CT molecular complexity index is 740. The first-order chi connectivity index (χ1) is 11.7. The number of hydrogen-bond acceptors (Lipinski definition) is 0. The SMILES string of the molecule is CC(C)C1=Cc2c(cccc2-c2ccc(C3CCCCC3)cc2)C1. The molecule has 0 amide bonds. The number of rotatable bonds is 3. The number of hydrogen-bond donors (Lipinski definition) is 0. The van der Waals surface area contributed by atoms with Gasteiger partial charge >= 0.3 is 0 Å². The van der Waals surface area contributed by atoms with Crippen molar-refractivity contribution in [1.29, 1.82) is 0 Å². The number of benzene rings is 2. The molecule has 0 radical (unpaired) electrons. The normalized spacial score (nSPS) is 17.9. The van der Waals surface area contributed by atoms with Crippen molar-refractivity contribution in [3.63, 3.8) is 0 Å². The van der Waals surface area contributed by atoms with E-state index in [0.717, 1.165) is 12.3 Å². The predicted molar refractivity (Wildman–Crippen MR) is 104 cm³/mol. The Morgan fingerprint density at radius 1 is 0.875 bits per heavy atom. The van der Waals surface area contributed by atoms with Gasteiger partial charge in [-0.2, -0.15) is 0 Å². The fourth-order valence-corrected chi connectivity index (χ4v) is 4.39. The van der Waals surface area contributed by atoms with E-state index in [1.165, 1.54) is 54.4 Å². The highest BCUT2D eigenvalue weighted by Crippen LogP contribution is 2.38. The first-order valence-electron chi connectivity index (χ1n) is 9.65. The topological polar surface area (TPSA) is 0 Å². The molecular formula is C24H28. The van der Waals surface area contributed by atoms with E-state index in [9.17, 15) is 0 Å². The van der Waals surface area contributed by atoms with Crippen LogP contribution in [0.5, 0.6) is 0 Å². The highest BCUT2D eigenvalue weighted by molar-refractivity contribution is 5.81. The van der Waals surface area contributed by atoms with Crippen molar-refractivity contribution in [3.8, 4) is 11.1 Å². The molecule has 2 aromatic rings. The van der Waals surface area contributed by atoms with E-state index in [0.29, 0.717) is 5.92 Å². The van der Waals surface area contributed by atoms with E-state index in [2.05, 4.69) is 62.4 Å². The van der Waals surface area contributed by atoms with Gasteiger partial charge in [-0.25, -0.2) is 0 Å². The average Bonchev–Trinajstić information content (AvgIpc) is 3.07. The molecule has 4 rings (SSSR count). The molecule has 0 N–H and O–H groups in total. The molecule has 124 valence electrons. The summed E-state index contributed by atoms with van der Waals surface area (Å²) < 4.78 is 0. The largest absolute Gasteiger partial charge is 0.0626 e. The lowest BCUT2D eigenvalue weighted by Crippen LogP contribution is -2.04. The zero-order valence-corrected chi connectivity index (χ0v) is 15.0. The Labute approximate surface area is 146 Å². The lowest BCUT2D eigenvalue weighted by molar-refractivity contribution is 0.443. The minimum atomic E-state index is 0.638. The highest BCUT2D eigenvalue weighted by atomic mass is 14.2. The van der Waals surface area contributed by atoms with Crippen LogP contribution in [0.4, 0.5) is 0 Å². The molecule has 0 atom stereocenters. The fourth-order valence-electron chi connectivity index (χ4n) is 4.39. The summed E-state index contributed by atoms with van der Waals surface area (Å²) in [5.41, 5.74) is 8.82. The molecule has 0 heterocycles. The van der Waals surface area contributed by atoms with Crippen molar-refractivity contribution >= 4 is 6.08 Å². The van der Waals surface area contributed by atoms with Crippen LogP contribution >= 0.6 is 0 Å². The molecular weight excluding hydrogens is 288 g/mol. The van der Waals surface area contributed by atoms with E-state index >= 15 is 0 Å². The first kappa shape index (κ1) is 15.7. The van der Waals surface area contributed by atoms with Gasteiger partial charge in [0, 0.05) is 0 Å². The first-order valence-corrected chi connectivity index (χ1v) is 9.65. The van der Waals surface area contributed by atoms with Crippen LogP contribution in [0, 0.1) is 5.92 Å². The lowest BCUT2D eigenvalue weighted by Gasteiger charge is -2.22. The summed E-state index contributed by atoms with van der Waals surface area (Å²) in [4.78, 5) is 0. The lowest BCUT2D eigenvalue weighted by atomic mass is 9.83. The molecule has 0 saturated heterocycles. The van der Waals surface area contributed by atoms with Crippen LogP contribution in [0.3, 0.4) is 0 Å². The third-order valence-corrected chi connectivity index (χ3v) is 5.96. The molecule has 0 unspecified atom stereocenters. The Balaban J connectivity index is 1.64. The summed E-state index contributed by atoms with van der Waals surface area (Å²) in [5.74, 6) is 1.43. The van der Waals surface area contributed by atoms with Gasteiger partial charge in [0.1, 0.15) is 0 Å². The van der Waals surface area contributed by atoms with Crippen LogP contribution in [-0.4, -0.2) is 0 Å². The van der Waals surface area contributed by atoms with Gasteiger partial charge in [0.25, 0.3) is 0 Å². The van der Waals surface area contributed by atoms with Crippen LogP contribution < -0.4 is 0 Å². The zero-order valence-electron chi connectivity index (χ0n) is 15.0. The van der Waals surface area contributed by atoms with Gasteiger partial charge in [-0.15, -0.1) is 0 Å². The van der Waals surface area contributed by atoms with Crippen molar-refractivity contribution < 1.29 is 0 Å². The minimum Gasteiger partial charge on any atom is -0.0626 e. The molecule has 1 saturated carbocycles. The average molecular weight is 316 g/mol. The van der Waals surface area contributed by atoms with E-state index in [1.54, 1.807) is 11.1 Å². The second-order valence-corrected chi connectivity index (χ2v) is 7.89. The van der Waals surface area contributed by atoms with Gasteiger partial charge in [-0.05, 0) is 58.9 Å². The fraction of sp³-hybridized carbons (Fsp3) is 0.417. The minimum absolute atomic E-state index is 0.638. The molecule has 24 heavy (non-hydrogen) atoms. The Hall–Kier alpha value is -1.82. The number of allylic oxidation sites excluding steroid dienone is 1. The monoisotopic (exact) mass is 316 g/mol. The van der Waals surface area contributed by atoms with Gasteiger partial charge in [-0.1, -0.05) is 87.2 Å². The van der Waals surface area contributed by atoms with Crippen molar-refractivity contribution in [2.24, 2.45) is 5.92 Å². The summed E-state index contributed by atoms with van der Waals surface area (Å²) >= 11 is 0.